The number of hydrogen-bond acceptors (Lipinski definition) is 3. The van der Waals surface area contributed by atoms with E-state index in [1.807, 2.05) is 11.3 Å². The first-order chi connectivity index (χ1) is 12.5. The summed E-state index contributed by atoms with van der Waals surface area (Å²) in [4.78, 5) is 1.42. The summed E-state index contributed by atoms with van der Waals surface area (Å²) in [6.45, 7) is 10.9. The van der Waals surface area contributed by atoms with Crippen molar-refractivity contribution in [1.82, 2.24) is 5.32 Å². The van der Waals surface area contributed by atoms with Crippen molar-refractivity contribution in [1.29, 1.82) is 0 Å². The van der Waals surface area contributed by atoms with E-state index in [2.05, 4.69) is 74.8 Å². The molecule has 1 aliphatic heterocycles. The summed E-state index contributed by atoms with van der Waals surface area (Å²) in [7, 11) is 0. The van der Waals surface area contributed by atoms with Crippen molar-refractivity contribution in [2.24, 2.45) is 5.92 Å². The number of benzene rings is 1. The van der Waals surface area contributed by atoms with E-state index in [4.69, 9.17) is 4.74 Å². The fourth-order valence-electron chi connectivity index (χ4n) is 4.09. The Labute approximate surface area is 163 Å². The fourth-order valence-corrected chi connectivity index (χ4v) is 4.85. The highest BCUT2D eigenvalue weighted by Gasteiger charge is 2.39. The molecule has 0 spiro atoms. The molecule has 0 unspecified atom stereocenters. The van der Waals surface area contributed by atoms with Gasteiger partial charge in [0, 0.05) is 22.9 Å². The van der Waals surface area contributed by atoms with Gasteiger partial charge in [-0.05, 0) is 62.6 Å². The van der Waals surface area contributed by atoms with Gasteiger partial charge in [0.05, 0.1) is 6.10 Å². The summed E-state index contributed by atoms with van der Waals surface area (Å²) in [6, 6.07) is 14.0. The highest BCUT2D eigenvalue weighted by molar-refractivity contribution is 7.10. The van der Waals surface area contributed by atoms with Gasteiger partial charge in [-0.3, -0.25) is 0 Å². The molecule has 0 radical (unpaired) electrons. The first kappa shape index (κ1) is 19.6. The molecule has 2 aromatic rings. The average Bonchev–Trinajstić information content (AvgIpc) is 3.17. The van der Waals surface area contributed by atoms with Crippen molar-refractivity contribution < 1.29 is 4.74 Å². The minimum absolute atomic E-state index is 0.225. The summed E-state index contributed by atoms with van der Waals surface area (Å²) >= 11 is 1.84. The van der Waals surface area contributed by atoms with Crippen LogP contribution in [0.2, 0.25) is 0 Å². The first-order valence-corrected chi connectivity index (χ1v) is 10.8. The lowest BCUT2D eigenvalue weighted by Gasteiger charge is -2.43. The van der Waals surface area contributed by atoms with E-state index in [-0.39, 0.29) is 5.41 Å². The Bertz CT molecular complexity index is 664. The largest absolute Gasteiger partial charge is 0.378 e. The Hall–Kier alpha value is -1.16. The molecule has 3 heteroatoms. The van der Waals surface area contributed by atoms with E-state index < -0.39 is 0 Å². The van der Waals surface area contributed by atoms with E-state index in [1.54, 1.807) is 0 Å². The number of aryl methyl sites for hydroxylation is 1. The summed E-state index contributed by atoms with van der Waals surface area (Å²) in [5, 5.41) is 5.91. The molecule has 3 atom stereocenters. The van der Waals surface area contributed by atoms with Gasteiger partial charge in [-0.1, -0.05) is 49.7 Å². The van der Waals surface area contributed by atoms with Crippen LogP contribution in [0.15, 0.2) is 41.8 Å². The normalized spacial score (nSPS) is 24.7. The van der Waals surface area contributed by atoms with E-state index in [0.717, 1.165) is 26.0 Å². The summed E-state index contributed by atoms with van der Waals surface area (Å²) in [5.74, 6) is 0.568. The lowest BCUT2D eigenvalue weighted by Crippen LogP contribution is -2.42. The summed E-state index contributed by atoms with van der Waals surface area (Å²) < 4.78 is 6.11. The van der Waals surface area contributed by atoms with Crippen LogP contribution in [0.3, 0.4) is 0 Å². The molecule has 1 fully saturated rings. The second-order valence-electron chi connectivity index (χ2n) is 8.19. The minimum Gasteiger partial charge on any atom is -0.378 e. The monoisotopic (exact) mass is 371 g/mol. The number of thiophene rings is 1. The predicted octanol–water partition coefficient (Wildman–Crippen LogP) is 5.87. The van der Waals surface area contributed by atoms with Crippen molar-refractivity contribution in [3.63, 3.8) is 0 Å². The maximum Gasteiger partial charge on any atom is 0.0606 e. The molecule has 26 heavy (non-hydrogen) atoms. The molecule has 2 heterocycles. The zero-order valence-corrected chi connectivity index (χ0v) is 17.4. The highest BCUT2D eigenvalue weighted by atomic mass is 32.1. The molecule has 1 aromatic carbocycles. The van der Waals surface area contributed by atoms with Crippen LogP contribution >= 0.6 is 11.3 Å². The molecule has 142 valence electrons. The van der Waals surface area contributed by atoms with Gasteiger partial charge in [0.1, 0.15) is 0 Å². The van der Waals surface area contributed by atoms with Crippen LogP contribution in [0.25, 0.3) is 0 Å². The first-order valence-electron chi connectivity index (χ1n) is 9.96. The molecule has 1 aliphatic rings. The SMILES string of the molecule is Cc1ccc([C@]2(CCN[C@@H](C)c3cccs3)CCO[C@@H](C(C)C)C2)cc1. The van der Waals surface area contributed by atoms with Crippen molar-refractivity contribution in [2.75, 3.05) is 13.2 Å². The van der Waals surface area contributed by atoms with Crippen molar-refractivity contribution in [3.8, 4) is 0 Å². The van der Waals surface area contributed by atoms with Gasteiger partial charge >= 0.3 is 0 Å². The minimum atomic E-state index is 0.225. The quantitative estimate of drug-likeness (QED) is 0.657. The van der Waals surface area contributed by atoms with Crippen molar-refractivity contribution >= 4 is 11.3 Å². The third-order valence-electron chi connectivity index (χ3n) is 5.94. The van der Waals surface area contributed by atoms with Crippen LogP contribution in [-0.2, 0) is 10.2 Å². The third kappa shape index (κ3) is 4.57. The van der Waals surface area contributed by atoms with E-state index >= 15 is 0 Å². The molecule has 0 bridgehead atoms. The van der Waals surface area contributed by atoms with Crippen LogP contribution in [-0.4, -0.2) is 19.3 Å². The van der Waals surface area contributed by atoms with E-state index in [0.29, 0.717) is 18.1 Å². The Kier molecular flexibility index (Phi) is 6.55. The fraction of sp³-hybridized carbons (Fsp3) is 0.565. The Morgan fingerprint density at radius 1 is 1.19 bits per heavy atom. The predicted molar refractivity (Wildman–Crippen MR) is 112 cm³/mol. The molecule has 1 aromatic heterocycles. The van der Waals surface area contributed by atoms with Crippen LogP contribution in [0, 0.1) is 12.8 Å². The molecule has 0 aliphatic carbocycles. The van der Waals surface area contributed by atoms with Gasteiger partial charge in [0.15, 0.2) is 0 Å². The maximum absolute atomic E-state index is 6.11. The molecule has 0 amide bonds. The van der Waals surface area contributed by atoms with Crippen LogP contribution in [0.4, 0.5) is 0 Å². The van der Waals surface area contributed by atoms with Crippen molar-refractivity contribution in [2.45, 2.75) is 64.5 Å². The maximum atomic E-state index is 6.11. The average molecular weight is 372 g/mol. The van der Waals surface area contributed by atoms with Gasteiger partial charge in [-0.15, -0.1) is 11.3 Å². The summed E-state index contributed by atoms with van der Waals surface area (Å²) in [5.41, 5.74) is 3.05. The third-order valence-corrected chi connectivity index (χ3v) is 6.99. The smallest absolute Gasteiger partial charge is 0.0606 e. The zero-order chi connectivity index (χ0) is 18.6. The van der Waals surface area contributed by atoms with E-state index in [9.17, 15) is 0 Å². The molecule has 1 saturated heterocycles. The van der Waals surface area contributed by atoms with Crippen LogP contribution in [0.1, 0.15) is 62.1 Å². The topological polar surface area (TPSA) is 21.3 Å². The number of ether oxygens (including phenoxy) is 1. The summed E-state index contributed by atoms with van der Waals surface area (Å²) in [6.07, 6.45) is 3.77. The molecular formula is C23H33NOS. The molecule has 0 saturated carbocycles. The lowest BCUT2D eigenvalue weighted by atomic mass is 9.68. The number of nitrogens with one attached hydrogen (secondary N) is 1. The van der Waals surface area contributed by atoms with Crippen LogP contribution in [0.5, 0.6) is 0 Å². The second kappa shape index (κ2) is 8.69. The Balaban J connectivity index is 1.73. The molecule has 1 N–H and O–H groups in total. The number of hydrogen-bond donors (Lipinski definition) is 1. The second-order valence-corrected chi connectivity index (χ2v) is 9.17. The van der Waals surface area contributed by atoms with E-state index in [1.165, 1.54) is 22.4 Å². The van der Waals surface area contributed by atoms with Gasteiger partial charge < -0.3 is 10.1 Å². The molecule has 2 nitrogen and oxygen atoms in total. The standard InChI is InChI=1S/C23H33NOS/c1-17(2)21-16-23(12-14-25-21,20-9-7-18(3)8-10-20)11-13-24-19(4)22-6-5-15-26-22/h5-10,15,17,19,21,24H,11-14,16H2,1-4H3/t19-,21+,23+/m0/s1. The molecule has 3 rings (SSSR count). The molecular weight excluding hydrogens is 338 g/mol. The van der Waals surface area contributed by atoms with Crippen molar-refractivity contribution in [3.05, 3.63) is 57.8 Å². The van der Waals surface area contributed by atoms with Gasteiger partial charge in [-0.25, -0.2) is 0 Å². The zero-order valence-electron chi connectivity index (χ0n) is 16.6. The van der Waals surface area contributed by atoms with Crippen LogP contribution < -0.4 is 5.32 Å². The Morgan fingerprint density at radius 3 is 2.62 bits per heavy atom. The lowest BCUT2D eigenvalue weighted by molar-refractivity contribution is -0.0470. The van der Waals surface area contributed by atoms with Gasteiger partial charge in [-0.2, -0.15) is 0 Å². The van der Waals surface area contributed by atoms with Gasteiger partial charge in [0.25, 0.3) is 0 Å². The highest BCUT2D eigenvalue weighted by Crippen LogP contribution is 2.42. The Morgan fingerprint density at radius 2 is 1.96 bits per heavy atom. The van der Waals surface area contributed by atoms with Gasteiger partial charge in [0.2, 0.25) is 0 Å². The number of rotatable bonds is 7.